The van der Waals surface area contributed by atoms with Crippen molar-refractivity contribution in [2.24, 2.45) is 0 Å². The lowest BCUT2D eigenvalue weighted by Crippen LogP contribution is -2.30. The van der Waals surface area contributed by atoms with Crippen LogP contribution in [0.4, 0.5) is 0 Å². The summed E-state index contributed by atoms with van der Waals surface area (Å²) in [6.45, 7) is 4.83. The van der Waals surface area contributed by atoms with Crippen LogP contribution in [0, 0.1) is 0 Å². The summed E-state index contributed by atoms with van der Waals surface area (Å²) in [5.41, 5.74) is 0. The van der Waals surface area contributed by atoms with Crippen LogP contribution < -0.4 is 0 Å². The third-order valence-electron chi connectivity index (χ3n) is 17.0. The number of carbonyl (C=O) groups excluding carboxylic acids is 4. The molecule has 0 radical (unpaired) electrons. The lowest BCUT2D eigenvalue weighted by atomic mass is 10.0. The fraction of sp³-hybridized carbons (Fsp3) is 0.823. The molecule has 0 bridgehead atoms. The molecule has 0 amide bonds. The van der Waals surface area contributed by atoms with Gasteiger partial charge in [-0.05, 0) is 89.9 Å². The number of allylic oxidation sites excluding steroid dienone is 10. The van der Waals surface area contributed by atoms with Gasteiger partial charge in [-0.15, -0.1) is 0 Å². The molecule has 0 aromatic rings. The van der Waals surface area contributed by atoms with E-state index in [1.807, 2.05) is 12.2 Å². The first-order valence-electron chi connectivity index (χ1n) is 39.5. The summed E-state index contributed by atoms with van der Waals surface area (Å²) in [5, 5.41) is 10.6. The molecule has 0 saturated heterocycles. The summed E-state index contributed by atoms with van der Waals surface area (Å²) < 4.78 is 68.5. The summed E-state index contributed by atoms with van der Waals surface area (Å²) in [6.07, 6.45) is 70.6. The Morgan fingerprint density at radius 1 is 0.286 bits per heavy atom. The predicted octanol–water partition coefficient (Wildman–Crippen LogP) is 22.7. The Hall–Kier alpha value is -3.24. The van der Waals surface area contributed by atoms with Gasteiger partial charge in [-0.2, -0.15) is 0 Å². The van der Waals surface area contributed by atoms with Crippen molar-refractivity contribution in [2.45, 2.75) is 380 Å². The number of rotatable bonds is 75. The van der Waals surface area contributed by atoms with Crippen molar-refractivity contribution in [1.29, 1.82) is 0 Å². The Bertz CT molecular complexity index is 2100. The molecule has 0 aliphatic carbocycles. The van der Waals surface area contributed by atoms with Crippen molar-refractivity contribution in [3.8, 4) is 0 Å². The van der Waals surface area contributed by atoms with Gasteiger partial charge in [0, 0.05) is 25.7 Å². The van der Waals surface area contributed by atoms with Crippen molar-refractivity contribution in [3.05, 3.63) is 60.8 Å². The van der Waals surface area contributed by atoms with Crippen molar-refractivity contribution < 1.29 is 80.2 Å². The first-order valence-corrected chi connectivity index (χ1v) is 42.5. The molecule has 0 saturated carbocycles. The average Bonchev–Trinajstić information content (AvgIpc) is 1.05. The molecule has 0 heterocycles. The van der Waals surface area contributed by atoms with E-state index in [0.717, 1.165) is 116 Å². The summed E-state index contributed by atoms with van der Waals surface area (Å²) >= 11 is 0. The molecule has 17 nitrogen and oxygen atoms in total. The zero-order valence-corrected chi connectivity index (χ0v) is 64.3. The highest BCUT2D eigenvalue weighted by molar-refractivity contribution is 7.47. The van der Waals surface area contributed by atoms with Crippen LogP contribution in [-0.2, 0) is 65.4 Å². The second kappa shape index (κ2) is 72.1. The number of aliphatic hydroxyl groups excluding tert-OH is 1. The van der Waals surface area contributed by atoms with Gasteiger partial charge >= 0.3 is 39.5 Å². The van der Waals surface area contributed by atoms with E-state index in [2.05, 4.69) is 76.3 Å². The predicted molar refractivity (Wildman–Crippen MR) is 400 cm³/mol. The maximum absolute atomic E-state index is 13.1. The van der Waals surface area contributed by atoms with Crippen molar-refractivity contribution in [1.82, 2.24) is 0 Å². The van der Waals surface area contributed by atoms with Crippen molar-refractivity contribution >= 4 is 39.5 Å². The highest BCUT2D eigenvalue weighted by Crippen LogP contribution is 2.45. The van der Waals surface area contributed by atoms with E-state index < -0.39 is 97.5 Å². The number of unbranched alkanes of at least 4 members (excludes halogenated alkanes) is 39. The Kier molecular flexibility index (Phi) is 69.7. The summed E-state index contributed by atoms with van der Waals surface area (Å²) in [6, 6.07) is 0. The molecule has 0 rings (SSSR count). The molecule has 98 heavy (non-hydrogen) atoms. The second-order valence-corrected chi connectivity index (χ2v) is 29.6. The molecule has 572 valence electrons. The van der Waals surface area contributed by atoms with E-state index in [1.54, 1.807) is 0 Å². The molecule has 2 unspecified atom stereocenters. The maximum Gasteiger partial charge on any atom is 0.472 e. The Labute approximate surface area is 597 Å². The zero-order chi connectivity index (χ0) is 71.8. The van der Waals surface area contributed by atoms with Crippen molar-refractivity contribution in [3.63, 3.8) is 0 Å². The molecular weight excluding hydrogens is 1280 g/mol. The smallest absolute Gasteiger partial charge is 0.462 e. The number of carbonyl (C=O) groups is 4. The molecule has 0 spiro atoms. The van der Waals surface area contributed by atoms with E-state index >= 15 is 0 Å². The topological polar surface area (TPSA) is 237 Å². The lowest BCUT2D eigenvalue weighted by Gasteiger charge is -2.21. The SMILES string of the molecule is CCCCC/C=C\C/C=C\C/C=C\C/C=C\CCCC(=O)O[C@H](COC(=O)CCCCCCCCCCCCCCC)COP(=O)(O)OC[C@@H](O)COP(=O)(O)OC[C@@H](COC(=O)CCCCCCCCCCCCCCC)OC(=O)CCCCCCCCC/C=C\CCCCCC. The van der Waals surface area contributed by atoms with Gasteiger partial charge in [0.15, 0.2) is 12.2 Å². The van der Waals surface area contributed by atoms with Crippen LogP contribution in [0.25, 0.3) is 0 Å². The quantitative estimate of drug-likeness (QED) is 0.0169. The minimum Gasteiger partial charge on any atom is -0.462 e. The molecule has 0 aliphatic heterocycles. The van der Waals surface area contributed by atoms with Gasteiger partial charge in [0.2, 0.25) is 0 Å². The third kappa shape index (κ3) is 71.2. The van der Waals surface area contributed by atoms with Crippen LogP contribution in [0.1, 0.15) is 362 Å². The Morgan fingerprint density at radius 2 is 0.510 bits per heavy atom. The van der Waals surface area contributed by atoms with Gasteiger partial charge in [-0.1, -0.05) is 307 Å². The molecule has 0 aromatic heterocycles. The van der Waals surface area contributed by atoms with E-state index in [1.165, 1.54) is 161 Å². The van der Waals surface area contributed by atoms with Crippen LogP contribution in [0.3, 0.4) is 0 Å². The summed E-state index contributed by atoms with van der Waals surface area (Å²) in [7, 11) is -9.95. The largest absolute Gasteiger partial charge is 0.472 e. The highest BCUT2D eigenvalue weighted by Gasteiger charge is 2.30. The highest BCUT2D eigenvalue weighted by atomic mass is 31.2. The van der Waals surface area contributed by atoms with E-state index in [-0.39, 0.29) is 25.7 Å². The zero-order valence-electron chi connectivity index (χ0n) is 62.5. The van der Waals surface area contributed by atoms with Crippen LogP contribution in [0.5, 0.6) is 0 Å². The Balaban J connectivity index is 5.37. The van der Waals surface area contributed by atoms with E-state index in [4.69, 9.17) is 37.0 Å². The summed E-state index contributed by atoms with van der Waals surface area (Å²) in [5.74, 6) is -2.21. The average molecular weight is 1430 g/mol. The van der Waals surface area contributed by atoms with Gasteiger partial charge in [-0.3, -0.25) is 37.3 Å². The number of phosphoric acid groups is 2. The molecule has 0 fully saturated rings. The number of aliphatic hydroxyl groups is 1. The lowest BCUT2D eigenvalue weighted by molar-refractivity contribution is -0.161. The van der Waals surface area contributed by atoms with Gasteiger partial charge < -0.3 is 33.8 Å². The van der Waals surface area contributed by atoms with Crippen LogP contribution >= 0.6 is 15.6 Å². The maximum atomic E-state index is 13.1. The van der Waals surface area contributed by atoms with Crippen LogP contribution in [0.2, 0.25) is 0 Å². The second-order valence-electron chi connectivity index (χ2n) is 26.7. The monoisotopic (exact) mass is 1430 g/mol. The number of hydrogen-bond acceptors (Lipinski definition) is 15. The third-order valence-corrected chi connectivity index (χ3v) is 18.9. The van der Waals surface area contributed by atoms with Crippen LogP contribution in [-0.4, -0.2) is 96.7 Å². The number of phosphoric ester groups is 2. The summed E-state index contributed by atoms with van der Waals surface area (Å²) in [4.78, 5) is 72.9. The van der Waals surface area contributed by atoms with Crippen LogP contribution in [0.15, 0.2) is 60.8 Å². The van der Waals surface area contributed by atoms with E-state index in [9.17, 15) is 43.2 Å². The minimum absolute atomic E-state index is 0.0243. The number of hydrogen-bond donors (Lipinski definition) is 3. The van der Waals surface area contributed by atoms with Gasteiger partial charge in [0.1, 0.15) is 19.3 Å². The molecular formula is C79H144O17P2. The van der Waals surface area contributed by atoms with Crippen molar-refractivity contribution in [2.75, 3.05) is 39.6 Å². The van der Waals surface area contributed by atoms with Gasteiger partial charge in [0.05, 0.1) is 26.4 Å². The first kappa shape index (κ1) is 94.8. The van der Waals surface area contributed by atoms with E-state index in [0.29, 0.717) is 32.1 Å². The molecule has 3 N–H and O–H groups in total. The molecule has 19 heteroatoms. The number of ether oxygens (including phenoxy) is 4. The fourth-order valence-corrected chi connectivity index (χ4v) is 12.5. The Morgan fingerprint density at radius 3 is 0.847 bits per heavy atom. The fourth-order valence-electron chi connectivity index (χ4n) is 10.9. The standard InChI is InChI=1S/C79H144O17P2/c1-5-9-13-17-21-25-29-33-35-36-38-42-46-50-54-58-62-66-79(84)96-75(70-90-77(82)64-60-56-52-48-44-40-32-28-24-20-16-12-8-4)72-94-98(87,88)92-68-73(80)67-91-97(85,86)93-71-74(69-89-76(81)63-59-55-51-47-43-39-31-27-23-19-15-11-7-3)95-78(83)65-61-57-53-49-45-41-37-34-30-26-22-18-14-10-6-2/h21,25-26,30,33,35,38,42,50,54,73-75,80H,5-20,22-24,27-29,31-32,34,36-37,39-41,43-49,51-53,55-72H2,1-4H3,(H,85,86)(H,87,88)/b25-21-,30-26-,35-33-,42-38-,54-50-/t73-,74+,75+/m0/s1. The van der Waals surface area contributed by atoms with Gasteiger partial charge in [0.25, 0.3) is 0 Å². The molecule has 0 aliphatic rings. The first-order chi connectivity index (χ1) is 47.7. The van der Waals surface area contributed by atoms with Gasteiger partial charge in [-0.25, -0.2) is 9.13 Å². The molecule has 0 aromatic carbocycles. The number of esters is 4. The minimum atomic E-state index is -4.98. The normalized spacial score (nSPS) is 14.2. The molecule has 5 atom stereocenters.